The molecule has 0 aliphatic rings. The van der Waals surface area contributed by atoms with Crippen LogP contribution in [0.15, 0.2) is 30.5 Å². The van der Waals surface area contributed by atoms with E-state index in [9.17, 15) is 9.59 Å². The maximum Gasteiger partial charge on any atom is 0.254 e. The van der Waals surface area contributed by atoms with Crippen LogP contribution in [0.4, 0.5) is 0 Å². The molecule has 1 unspecified atom stereocenters. The number of benzene rings is 1. The van der Waals surface area contributed by atoms with E-state index < -0.39 is 6.04 Å². The number of H-pyrrole nitrogens is 1. The molecule has 0 saturated carbocycles. The van der Waals surface area contributed by atoms with Gasteiger partial charge in [-0.2, -0.15) is 0 Å². The number of para-hydroxylation sites is 1. The third kappa shape index (κ3) is 3.62. The summed E-state index contributed by atoms with van der Waals surface area (Å²) in [6.45, 7) is 7.38. The largest absolute Gasteiger partial charge is 0.360 e. The molecule has 1 atom stereocenters. The summed E-state index contributed by atoms with van der Waals surface area (Å²) < 4.78 is 0. The Hall–Kier alpha value is -2.30. The Kier molecular flexibility index (Phi) is 4.02. The average molecular weight is 287 g/mol. The number of carbonyl (C=O) groups is 2. The van der Waals surface area contributed by atoms with E-state index in [-0.39, 0.29) is 17.4 Å². The zero-order valence-electron chi connectivity index (χ0n) is 12.8. The van der Waals surface area contributed by atoms with Gasteiger partial charge in [-0.3, -0.25) is 9.59 Å². The van der Waals surface area contributed by atoms with Crippen LogP contribution in [0.1, 0.15) is 38.1 Å². The third-order valence-corrected chi connectivity index (χ3v) is 3.07. The standard InChI is InChI=1S/C16H21N3O2/c1-10(14(20)19-16(2,3)4)18-15(21)12-9-17-13-8-6-5-7-11(12)13/h5-10,17H,1-4H3,(H,18,21)(H,19,20). The second-order valence-electron chi connectivity index (χ2n) is 6.18. The molecule has 0 spiro atoms. The highest BCUT2D eigenvalue weighted by atomic mass is 16.2. The van der Waals surface area contributed by atoms with Gasteiger partial charge in [0, 0.05) is 22.6 Å². The molecule has 5 nitrogen and oxygen atoms in total. The number of rotatable bonds is 3. The molecule has 0 aliphatic heterocycles. The molecule has 0 saturated heterocycles. The van der Waals surface area contributed by atoms with Crippen LogP contribution in [0.2, 0.25) is 0 Å². The highest BCUT2D eigenvalue weighted by molar-refractivity contribution is 6.07. The summed E-state index contributed by atoms with van der Waals surface area (Å²) in [5.74, 6) is -0.459. The molecule has 1 aromatic heterocycles. The number of carbonyl (C=O) groups excluding carboxylic acids is 2. The fourth-order valence-electron chi connectivity index (χ4n) is 2.08. The van der Waals surface area contributed by atoms with Gasteiger partial charge >= 0.3 is 0 Å². The number of nitrogens with one attached hydrogen (secondary N) is 3. The Labute approximate surface area is 124 Å². The van der Waals surface area contributed by atoms with Gasteiger partial charge in [-0.1, -0.05) is 18.2 Å². The molecule has 0 fully saturated rings. The third-order valence-electron chi connectivity index (χ3n) is 3.07. The number of aromatic amines is 1. The van der Waals surface area contributed by atoms with E-state index >= 15 is 0 Å². The van der Waals surface area contributed by atoms with Crippen molar-refractivity contribution in [2.45, 2.75) is 39.3 Å². The summed E-state index contributed by atoms with van der Waals surface area (Å²) in [7, 11) is 0. The lowest BCUT2D eigenvalue weighted by molar-refractivity contribution is -0.124. The molecule has 2 amide bonds. The van der Waals surface area contributed by atoms with Gasteiger partial charge in [-0.25, -0.2) is 0 Å². The quantitative estimate of drug-likeness (QED) is 0.809. The molecule has 112 valence electrons. The maximum atomic E-state index is 12.3. The van der Waals surface area contributed by atoms with Gasteiger partial charge in [0.2, 0.25) is 5.91 Å². The van der Waals surface area contributed by atoms with Crippen LogP contribution >= 0.6 is 0 Å². The molecule has 1 aromatic carbocycles. The summed E-state index contributed by atoms with van der Waals surface area (Å²) in [4.78, 5) is 27.3. The van der Waals surface area contributed by atoms with Gasteiger partial charge in [-0.05, 0) is 33.8 Å². The topological polar surface area (TPSA) is 74.0 Å². The van der Waals surface area contributed by atoms with E-state index in [4.69, 9.17) is 0 Å². The highest BCUT2D eigenvalue weighted by Crippen LogP contribution is 2.17. The fourth-order valence-corrected chi connectivity index (χ4v) is 2.08. The Morgan fingerprint density at radius 2 is 1.86 bits per heavy atom. The van der Waals surface area contributed by atoms with E-state index in [0.29, 0.717) is 5.56 Å². The Morgan fingerprint density at radius 3 is 2.52 bits per heavy atom. The minimum Gasteiger partial charge on any atom is -0.360 e. The van der Waals surface area contributed by atoms with Gasteiger partial charge in [0.15, 0.2) is 0 Å². The van der Waals surface area contributed by atoms with Crippen LogP contribution in [-0.4, -0.2) is 28.4 Å². The van der Waals surface area contributed by atoms with Crippen LogP contribution in [0, 0.1) is 0 Å². The number of hydrogen-bond acceptors (Lipinski definition) is 2. The maximum absolute atomic E-state index is 12.3. The number of fused-ring (bicyclic) bond motifs is 1. The molecular weight excluding hydrogens is 266 g/mol. The van der Waals surface area contributed by atoms with E-state index in [1.807, 2.05) is 45.0 Å². The van der Waals surface area contributed by atoms with Gasteiger partial charge < -0.3 is 15.6 Å². The first-order chi connectivity index (χ1) is 9.78. The van der Waals surface area contributed by atoms with E-state index in [1.165, 1.54) is 0 Å². The van der Waals surface area contributed by atoms with Crippen molar-refractivity contribution in [3.8, 4) is 0 Å². The van der Waals surface area contributed by atoms with Crippen molar-refractivity contribution in [3.05, 3.63) is 36.0 Å². The summed E-state index contributed by atoms with van der Waals surface area (Å²) in [6.07, 6.45) is 1.66. The number of hydrogen-bond donors (Lipinski definition) is 3. The van der Waals surface area contributed by atoms with E-state index in [2.05, 4.69) is 15.6 Å². The minimum atomic E-state index is -0.592. The van der Waals surface area contributed by atoms with Crippen LogP contribution in [-0.2, 0) is 4.79 Å². The van der Waals surface area contributed by atoms with Crippen molar-refractivity contribution in [1.29, 1.82) is 0 Å². The lowest BCUT2D eigenvalue weighted by Gasteiger charge is -2.23. The number of amides is 2. The van der Waals surface area contributed by atoms with Gasteiger partial charge in [0.1, 0.15) is 6.04 Å². The summed E-state index contributed by atoms with van der Waals surface area (Å²) >= 11 is 0. The Bertz CT molecular complexity index is 667. The average Bonchev–Trinajstić information content (AvgIpc) is 2.80. The van der Waals surface area contributed by atoms with Crippen LogP contribution in [0.5, 0.6) is 0 Å². The monoisotopic (exact) mass is 287 g/mol. The highest BCUT2D eigenvalue weighted by Gasteiger charge is 2.22. The van der Waals surface area contributed by atoms with Gasteiger partial charge in [0.05, 0.1) is 5.56 Å². The molecule has 1 heterocycles. The van der Waals surface area contributed by atoms with Crippen molar-refractivity contribution in [3.63, 3.8) is 0 Å². The molecule has 21 heavy (non-hydrogen) atoms. The fraction of sp³-hybridized carbons (Fsp3) is 0.375. The van der Waals surface area contributed by atoms with Crippen LogP contribution in [0.25, 0.3) is 10.9 Å². The smallest absolute Gasteiger partial charge is 0.254 e. The minimum absolute atomic E-state index is 0.198. The van der Waals surface area contributed by atoms with Crippen LogP contribution in [0.3, 0.4) is 0 Å². The normalized spacial score (nSPS) is 13.0. The number of aromatic nitrogens is 1. The van der Waals surface area contributed by atoms with Crippen molar-refractivity contribution in [2.24, 2.45) is 0 Å². The molecule has 0 bridgehead atoms. The first kappa shape index (κ1) is 15.1. The van der Waals surface area contributed by atoms with E-state index in [1.54, 1.807) is 13.1 Å². The predicted molar refractivity (Wildman–Crippen MR) is 83.1 cm³/mol. The van der Waals surface area contributed by atoms with Crippen LogP contribution < -0.4 is 10.6 Å². The molecule has 5 heteroatoms. The van der Waals surface area contributed by atoms with Crippen molar-refractivity contribution >= 4 is 22.7 Å². The Balaban J connectivity index is 2.09. The molecule has 2 rings (SSSR count). The van der Waals surface area contributed by atoms with Crippen molar-refractivity contribution < 1.29 is 9.59 Å². The molecule has 0 aliphatic carbocycles. The predicted octanol–water partition coefficient (Wildman–Crippen LogP) is 2.20. The zero-order valence-corrected chi connectivity index (χ0v) is 12.8. The molecular formula is C16H21N3O2. The second-order valence-corrected chi connectivity index (χ2v) is 6.18. The van der Waals surface area contributed by atoms with Gasteiger partial charge in [-0.15, -0.1) is 0 Å². The van der Waals surface area contributed by atoms with Crippen molar-refractivity contribution in [1.82, 2.24) is 15.6 Å². The zero-order chi connectivity index (χ0) is 15.6. The second kappa shape index (κ2) is 5.60. The first-order valence-electron chi connectivity index (χ1n) is 6.97. The molecule has 2 aromatic rings. The first-order valence-corrected chi connectivity index (χ1v) is 6.97. The summed E-state index contributed by atoms with van der Waals surface area (Å²) in [6, 6.07) is 6.97. The summed E-state index contributed by atoms with van der Waals surface area (Å²) in [5, 5.41) is 6.42. The van der Waals surface area contributed by atoms with Crippen molar-refractivity contribution in [2.75, 3.05) is 0 Å². The lowest BCUT2D eigenvalue weighted by atomic mass is 10.1. The Morgan fingerprint density at radius 1 is 1.19 bits per heavy atom. The molecule has 0 radical (unpaired) electrons. The summed E-state index contributed by atoms with van der Waals surface area (Å²) in [5.41, 5.74) is 1.12. The SMILES string of the molecule is CC(NC(=O)c1c[nH]c2ccccc12)C(=O)NC(C)(C)C. The van der Waals surface area contributed by atoms with E-state index in [0.717, 1.165) is 10.9 Å². The molecule has 3 N–H and O–H groups in total. The lowest BCUT2D eigenvalue weighted by Crippen LogP contribution is -2.50. The van der Waals surface area contributed by atoms with Gasteiger partial charge in [0.25, 0.3) is 5.91 Å².